The summed E-state index contributed by atoms with van der Waals surface area (Å²) >= 11 is 5.88. The van der Waals surface area contributed by atoms with Crippen molar-refractivity contribution in [1.29, 1.82) is 0 Å². The highest BCUT2D eigenvalue weighted by molar-refractivity contribution is 6.30. The van der Waals surface area contributed by atoms with E-state index >= 15 is 0 Å². The van der Waals surface area contributed by atoms with E-state index in [2.05, 4.69) is 4.98 Å². The average Bonchev–Trinajstić information content (AvgIpc) is 2.95. The summed E-state index contributed by atoms with van der Waals surface area (Å²) in [6.45, 7) is 3.90. The van der Waals surface area contributed by atoms with Gasteiger partial charge in [-0.15, -0.1) is 0 Å². The Balaban J connectivity index is 2.04. The summed E-state index contributed by atoms with van der Waals surface area (Å²) in [5.74, 6) is -2.01. The Morgan fingerprint density at radius 1 is 1.23 bits per heavy atom. The quantitative estimate of drug-likeness (QED) is 0.704. The number of alkyl halides is 3. The topological polar surface area (TPSA) is 46.9 Å². The first kappa shape index (κ1) is 18.3. The summed E-state index contributed by atoms with van der Waals surface area (Å²) in [6.07, 6.45) is -3.42. The highest BCUT2D eigenvalue weighted by Gasteiger charge is 2.39. The highest BCUT2D eigenvalue weighted by atomic mass is 35.5. The highest BCUT2D eigenvalue weighted by Crippen LogP contribution is 2.31. The largest absolute Gasteiger partial charge is 0.471 e. The third-order valence-corrected chi connectivity index (χ3v) is 4.45. The molecule has 0 fully saturated rings. The second kappa shape index (κ2) is 6.64. The number of nitrogens with zero attached hydrogens (tertiary/aromatic N) is 2. The normalized spacial score (nSPS) is 11.8. The summed E-state index contributed by atoms with van der Waals surface area (Å²) in [4.78, 5) is 15.6. The minimum Gasteiger partial charge on any atom is -0.326 e. The van der Waals surface area contributed by atoms with Crippen molar-refractivity contribution in [2.45, 2.75) is 26.6 Å². The average molecular weight is 382 g/mol. The fraction of sp³-hybridized carbons (Fsp3) is 0.222. The van der Waals surface area contributed by atoms with Gasteiger partial charge in [-0.05, 0) is 48.7 Å². The van der Waals surface area contributed by atoms with Gasteiger partial charge in [-0.25, -0.2) is 4.98 Å². The van der Waals surface area contributed by atoms with Crippen molar-refractivity contribution in [1.82, 2.24) is 9.55 Å². The van der Waals surface area contributed by atoms with Crippen molar-refractivity contribution in [3.63, 3.8) is 0 Å². The van der Waals surface area contributed by atoms with Gasteiger partial charge < -0.3 is 9.88 Å². The number of imidazole rings is 1. The number of aromatic nitrogens is 2. The molecular weight excluding hydrogens is 367 g/mol. The van der Waals surface area contributed by atoms with Crippen LogP contribution in [0, 0.1) is 13.8 Å². The van der Waals surface area contributed by atoms with E-state index in [1.807, 2.05) is 28.1 Å². The summed E-state index contributed by atoms with van der Waals surface area (Å²) in [6, 6.07) is 9.10. The number of amides is 1. The van der Waals surface area contributed by atoms with E-state index in [9.17, 15) is 18.0 Å². The molecule has 1 amide bonds. The predicted octanol–water partition coefficient (Wildman–Crippen LogP) is 4.86. The summed E-state index contributed by atoms with van der Waals surface area (Å²) in [5, 5.41) is 2.58. The molecule has 2 aromatic carbocycles. The zero-order valence-corrected chi connectivity index (χ0v) is 14.7. The van der Waals surface area contributed by atoms with Gasteiger partial charge in [0.25, 0.3) is 0 Å². The minimum atomic E-state index is -4.96. The molecule has 0 aliphatic rings. The van der Waals surface area contributed by atoms with Gasteiger partial charge >= 0.3 is 12.1 Å². The maximum Gasteiger partial charge on any atom is 0.471 e. The van der Waals surface area contributed by atoms with Crippen LogP contribution in [-0.4, -0.2) is 21.6 Å². The monoisotopic (exact) mass is 381 g/mol. The van der Waals surface area contributed by atoms with Crippen molar-refractivity contribution in [3.8, 4) is 0 Å². The first-order valence-electron chi connectivity index (χ1n) is 7.74. The first-order chi connectivity index (χ1) is 12.2. The molecule has 4 nitrogen and oxygen atoms in total. The fourth-order valence-corrected chi connectivity index (χ4v) is 2.80. The fourth-order valence-electron chi connectivity index (χ4n) is 2.67. The molecule has 136 valence electrons. The second-order valence-corrected chi connectivity index (χ2v) is 6.45. The molecule has 3 rings (SSSR count). The summed E-state index contributed by atoms with van der Waals surface area (Å²) in [7, 11) is 0. The molecule has 0 atom stereocenters. The van der Waals surface area contributed by atoms with Gasteiger partial charge in [0.2, 0.25) is 0 Å². The van der Waals surface area contributed by atoms with Gasteiger partial charge in [0.05, 0.1) is 17.5 Å². The van der Waals surface area contributed by atoms with Crippen LogP contribution in [-0.2, 0) is 11.3 Å². The predicted molar refractivity (Wildman–Crippen MR) is 94.4 cm³/mol. The van der Waals surface area contributed by atoms with Crippen LogP contribution in [0.5, 0.6) is 0 Å². The first-order valence-corrected chi connectivity index (χ1v) is 8.12. The van der Waals surface area contributed by atoms with Crippen molar-refractivity contribution in [2.75, 3.05) is 5.32 Å². The van der Waals surface area contributed by atoms with E-state index in [-0.39, 0.29) is 5.69 Å². The van der Waals surface area contributed by atoms with E-state index in [0.717, 1.165) is 11.1 Å². The minimum absolute atomic E-state index is 0.0807. The number of fused-ring (bicyclic) bond motifs is 1. The lowest BCUT2D eigenvalue weighted by molar-refractivity contribution is -0.167. The molecule has 0 aliphatic carbocycles. The maximum atomic E-state index is 12.6. The Labute approximate surface area is 152 Å². The van der Waals surface area contributed by atoms with E-state index in [4.69, 9.17) is 11.6 Å². The zero-order valence-electron chi connectivity index (χ0n) is 14.0. The SMILES string of the molecule is Cc1cc2c(ncn2Cc2ccc(Cl)cc2)c(NC(=O)C(F)(F)F)c1C. The Morgan fingerprint density at radius 3 is 2.50 bits per heavy atom. The molecule has 1 heterocycles. The molecule has 0 bridgehead atoms. The van der Waals surface area contributed by atoms with Crippen molar-refractivity contribution in [2.24, 2.45) is 0 Å². The van der Waals surface area contributed by atoms with E-state index in [0.29, 0.717) is 28.2 Å². The molecule has 0 saturated carbocycles. The summed E-state index contributed by atoms with van der Waals surface area (Å²) in [5.41, 5.74) is 3.31. The van der Waals surface area contributed by atoms with Crippen LogP contribution >= 0.6 is 11.6 Å². The lowest BCUT2D eigenvalue weighted by atomic mass is 10.1. The van der Waals surface area contributed by atoms with Gasteiger partial charge in [0.1, 0.15) is 5.52 Å². The number of carbonyl (C=O) groups excluding carboxylic acids is 1. The Bertz CT molecular complexity index is 978. The van der Waals surface area contributed by atoms with E-state index < -0.39 is 12.1 Å². The van der Waals surface area contributed by atoms with Crippen LogP contribution < -0.4 is 5.32 Å². The number of rotatable bonds is 3. The molecule has 0 aliphatic heterocycles. The molecular formula is C18H15ClF3N3O. The van der Waals surface area contributed by atoms with Crippen LogP contribution in [0.3, 0.4) is 0 Å². The number of halogens is 4. The number of hydrogen-bond donors (Lipinski definition) is 1. The number of anilines is 1. The Hall–Kier alpha value is -2.54. The standard InChI is InChI=1S/C18H15ClF3N3O/c1-10-7-14-16(15(11(10)2)24-17(26)18(20,21)22)23-9-25(14)8-12-3-5-13(19)6-4-12/h3-7,9H,8H2,1-2H3,(H,24,26). The van der Waals surface area contributed by atoms with Gasteiger partial charge in [0.15, 0.2) is 0 Å². The number of nitrogens with one attached hydrogen (secondary N) is 1. The molecule has 3 aromatic rings. The van der Waals surface area contributed by atoms with Crippen LogP contribution in [0.1, 0.15) is 16.7 Å². The number of carbonyl (C=O) groups is 1. The maximum absolute atomic E-state index is 12.6. The van der Waals surface area contributed by atoms with Crippen molar-refractivity contribution >= 4 is 34.2 Å². The third kappa shape index (κ3) is 3.53. The Kier molecular flexibility index (Phi) is 4.66. The van der Waals surface area contributed by atoms with Crippen LogP contribution in [0.4, 0.5) is 18.9 Å². The molecule has 8 heteroatoms. The number of hydrogen-bond acceptors (Lipinski definition) is 2. The molecule has 1 aromatic heterocycles. The smallest absolute Gasteiger partial charge is 0.326 e. The molecule has 0 saturated heterocycles. The van der Waals surface area contributed by atoms with E-state index in [1.54, 1.807) is 32.3 Å². The summed E-state index contributed by atoms with van der Waals surface area (Å²) < 4.78 is 39.7. The lowest BCUT2D eigenvalue weighted by Gasteiger charge is -2.14. The van der Waals surface area contributed by atoms with Gasteiger partial charge in [-0.3, -0.25) is 4.79 Å². The Morgan fingerprint density at radius 2 is 1.88 bits per heavy atom. The molecule has 26 heavy (non-hydrogen) atoms. The lowest BCUT2D eigenvalue weighted by Crippen LogP contribution is -2.30. The zero-order chi connectivity index (χ0) is 19.1. The van der Waals surface area contributed by atoms with Gasteiger partial charge in [0, 0.05) is 11.6 Å². The van der Waals surface area contributed by atoms with Gasteiger partial charge in [-0.1, -0.05) is 23.7 Å². The molecule has 0 unspecified atom stereocenters. The second-order valence-electron chi connectivity index (χ2n) is 6.01. The van der Waals surface area contributed by atoms with Gasteiger partial charge in [-0.2, -0.15) is 13.2 Å². The van der Waals surface area contributed by atoms with Crippen molar-refractivity contribution < 1.29 is 18.0 Å². The van der Waals surface area contributed by atoms with Crippen LogP contribution in [0.15, 0.2) is 36.7 Å². The molecule has 0 spiro atoms. The number of aryl methyl sites for hydroxylation is 1. The van der Waals surface area contributed by atoms with Crippen LogP contribution in [0.25, 0.3) is 11.0 Å². The number of benzene rings is 2. The van der Waals surface area contributed by atoms with E-state index in [1.165, 1.54) is 0 Å². The molecule has 1 N–H and O–H groups in total. The van der Waals surface area contributed by atoms with Crippen LogP contribution in [0.2, 0.25) is 5.02 Å². The third-order valence-electron chi connectivity index (χ3n) is 4.20. The molecule has 0 radical (unpaired) electrons. The van der Waals surface area contributed by atoms with Crippen molar-refractivity contribution in [3.05, 3.63) is 58.4 Å².